The maximum Gasteiger partial charge on any atom is 0.134 e. The summed E-state index contributed by atoms with van der Waals surface area (Å²) in [6, 6.07) is 13.0. The molecule has 1 saturated heterocycles. The Bertz CT molecular complexity index is 871. The molecular weight excluding hydrogens is 445 g/mol. The minimum Gasteiger partial charge on any atom is -0.207 e. The van der Waals surface area contributed by atoms with Gasteiger partial charge in [-0.15, -0.1) is 0 Å². The standard InChI is InChI=1S/C30H41F3Si/c1-2-3-4-17-34-18-15-25(16-19-34)24-9-7-22(8-10-24)5-6-23-20-28(32)30(29(33)21-23)26-11-13-27(31)14-12-26/h11-14,20-22,24-25,34H,2-10,15-19H2,1H3. The van der Waals surface area contributed by atoms with E-state index in [2.05, 4.69) is 6.92 Å². The molecule has 0 bridgehead atoms. The quantitative estimate of drug-likeness (QED) is 0.245. The van der Waals surface area contributed by atoms with Crippen LogP contribution in [0.15, 0.2) is 36.4 Å². The number of hydrogen-bond acceptors (Lipinski definition) is 0. The predicted molar refractivity (Wildman–Crippen MR) is 139 cm³/mol. The molecule has 1 heterocycles. The third-order valence-electron chi connectivity index (χ3n) is 8.74. The first-order valence-electron chi connectivity index (χ1n) is 13.8. The highest BCUT2D eigenvalue weighted by molar-refractivity contribution is 6.58. The normalized spacial score (nSPS) is 25.4. The summed E-state index contributed by atoms with van der Waals surface area (Å²) in [5, 5.41) is 0. The summed E-state index contributed by atoms with van der Waals surface area (Å²) in [6.45, 7) is 2.30. The Labute approximate surface area is 206 Å². The van der Waals surface area contributed by atoms with Crippen molar-refractivity contribution in [1.82, 2.24) is 0 Å². The van der Waals surface area contributed by atoms with Crippen LogP contribution in [0.5, 0.6) is 0 Å². The van der Waals surface area contributed by atoms with Gasteiger partial charge in [-0.1, -0.05) is 82.1 Å². The van der Waals surface area contributed by atoms with Crippen LogP contribution in [0.2, 0.25) is 18.1 Å². The van der Waals surface area contributed by atoms with Crippen LogP contribution in [0.3, 0.4) is 0 Å². The number of halogens is 3. The maximum absolute atomic E-state index is 14.7. The van der Waals surface area contributed by atoms with E-state index in [4.69, 9.17) is 0 Å². The third kappa shape index (κ3) is 6.77. The zero-order valence-electron chi connectivity index (χ0n) is 20.8. The topological polar surface area (TPSA) is 0 Å². The van der Waals surface area contributed by atoms with E-state index in [1.54, 1.807) is 18.1 Å². The monoisotopic (exact) mass is 486 g/mol. The summed E-state index contributed by atoms with van der Waals surface area (Å²) in [5.41, 5.74) is 1.04. The molecule has 0 spiro atoms. The van der Waals surface area contributed by atoms with E-state index in [0.717, 1.165) is 30.2 Å². The van der Waals surface area contributed by atoms with E-state index in [9.17, 15) is 13.2 Å². The van der Waals surface area contributed by atoms with E-state index in [-0.39, 0.29) is 5.56 Å². The van der Waals surface area contributed by atoms with E-state index in [0.29, 0.717) is 11.5 Å². The number of hydrogen-bond donors (Lipinski definition) is 0. The Hall–Kier alpha value is -1.55. The van der Waals surface area contributed by atoms with Crippen molar-refractivity contribution in [1.29, 1.82) is 0 Å². The average molecular weight is 487 g/mol. The molecule has 0 amide bonds. The van der Waals surface area contributed by atoms with Crippen molar-refractivity contribution in [2.75, 3.05) is 0 Å². The molecule has 0 N–H and O–H groups in total. The fourth-order valence-electron chi connectivity index (χ4n) is 6.61. The highest BCUT2D eigenvalue weighted by Gasteiger charge is 2.31. The second-order valence-electron chi connectivity index (χ2n) is 11.0. The fourth-order valence-corrected chi connectivity index (χ4v) is 10.1. The minimum atomic E-state index is -0.556. The lowest BCUT2D eigenvalue weighted by molar-refractivity contribution is 0.186. The summed E-state index contributed by atoms with van der Waals surface area (Å²) >= 11 is 0. The minimum absolute atomic E-state index is 0.0626. The molecule has 2 aliphatic rings. The predicted octanol–water partition coefficient (Wildman–Crippen LogP) is 9.34. The smallest absolute Gasteiger partial charge is 0.134 e. The van der Waals surface area contributed by atoms with Crippen LogP contribution >= 0.6 is 0 Å². The second kappa shape index (κ2) is 12.4. The highest BCUT2D eigenvalue weighted by Crippen LogP contribution is 2.42. The summed E-state index contributed by atoms with van der Waals surface area (Å²) in [6.07, 6.45) is 14.2. The highest BCUT2D eigenvalue weighted by atomic mass is 28.3. The Balaban J connectivity index is 1.22. The molecule has 2 fully saturated rings. The van der Waals surface area contributed by atoms with Gasteiger partial charge in [-0.05, 0) is 78.8 Å². The molecule has 34 heavy (non-hydrogen) atoms. The number of benzene rings is 2. The lowest BCUT2D eigenvalue weighted by Gasteiger charge is -2.37. The summed E-state index contributed by atoms with van der Waals surface area (Å²) in [4.78, 5) is 0. The summed E-state index contributed by atoms with van der Waals surface area (Å²) in [7, 11) is -0.422. The van der Waals surface area contributed by atoms with Crippen LogP contribution in [0, 0.1) is 35.2 Å². The molecule has 186 valence electrons. The third-order valence-corrected chi connectivity index (χ3v) is 12.3. The number of unbranched alkanes of at least 4 members (excludes halogenated alkanes) is 2. The molecule has 2 aromatic carbocycles. The first kappa shape index (κ1) is 25.5. The van der Waals surface area contributed by atoms with Crippen LogP contribution in [0.4, 0.5) is 13.2 Å². The molecule has 4 heteroatoms. The van der Waals surface area contributed by atoms with Gasteiger partial charge in [0.2, 0.25) is 0 Å². The molecule has 0 aromatic heterocycles. The van der Waals surface area contributed by atoms with Crippen molar-refractivity contribution in [3.63, 3.8) is 0 Å². The van der Waals surface area contributed by atoms with Crippen LogP contribution < -0.4 is 0 Å². The molecule has 0 unspecified atom stereocenters. The van der Waals surface area contributed by atoms with Crippen LogP contribution in [0.1, 0.15) is 76.7 Å². The first-order chi connectivity index (χ1) is 16.5. The largest absolute Gasteiger partial charge is 0.207 e. The Morgan fingerprint density at radius 1 is 0.794 bits per heavy atom. The molecule has 0 atom stereocenters. The van der Waals surface area contributed by atoms with Crippen molar-refractivity contribution in [2.24, 2.45) is 17.8 Å². The molecular formula is C30H41F3Si. The van der Waals surface area contributed by atoms with E-state index in [1.807, 2.05) is 0 Å². The van der Waals surface area contributed by atoms with E-state index >= 15 is 0 Å². The Morgan fingerprint density at radius 2 is 1.41 bits per heavy atom. The van der Waals surface area contributed by atoms with Crippen molar-refractivity contribution in [3.8, 4) is 11.1 Å². The molecule has 1 saturated carbocycles. The van der Waals surface area contributed by atoms with Gasteiger partial charge in [-0.3, -0.25) is 0 Å². The van der Waals surface area contributed by atoms with Gasteiger partial charge in [-0.25, -0.2) is 13.2 Å². The van der Waals surface area contributed by atoms with Gasteiger partial charge < -0.3 is 0 Å². The van der Waals surface area contributed by atoms with E-state index < -0.39 is 26.2 Å². The lowest BCUT2D eigenvalue weighted by Crippen LogP contribution is -2.28. The molecule has 1 aliphatic heterocycles. The fraction of sp³-hybridized carbons (Fsp3) is 0.600. The Kier molecular flexibility index (Phi) is 9.33. The average Bonchev–Trinajstić information content (AvgIpc) is 2.84. The lowest BCUT2D eigenvalue weighted by atomic mass is 9.73. The van der Waals surface area contributed by atoms with Gasteiger partial charge in [0.25, 0.3) is 0 Å². The number of aryl methyl sites for hydroxylation is 1. The summed E-state index contributed by atoms with van der Waals surface area (Å²) < 4.78 is 42.6. The zero-order valence-corrected chi connectivity index (χ0v) is 22.0. The Morgan fingerprint density at radius 3 is 2.03 bits per heavy atom. The molecule has 0 nitrogen and oxygen atoms in total. The van der Waals surface area contributed by atoms with Crippen LogP contribution in [0.25, 0.3) is 11.1 Å². The van der Waals surface area contributed by atoms with Gasteiger partial charge in [0.05, 0.1) is 5.56 Å². The molecule has 2 aromatic rings. The maximum atomic E-state index is 14.7. The van der Waals surface area contributed by atoms with Gasteiger partial charge in [0.15, 0.2) is 0 Å². The number of rotatable bonds is 9. The van der Waals surface area contributed by atoms with Crippen LogP contribution in [-0.4, -0.2) is 8.80 Å². The van der Waals surface area contributed by atoms with E-state index in [1.165, 1.54) is 94.2 Å². The summed E-state index contributed by atoms with van der Waals surface area (Å²) in [5.74, 6) is 1.05. The second-order valence-corrected chi connectivity index (χ2v) is 14.5. The first-order valence-corrected chi connectivity index (χ1v) is 16.2. The van der Waals surface area contributed by atoms with Crippen molar-refractivity contribution in [2.45, 2.75) is 95.7 Å². The molecule has 0 radical (unpaired) electrons. The SMILES string of the molecule is CCCCC[SiH]1CCC(C2CCC(CCc3cc(F)c(-c4ccc(F)cc4)c(F)c3)CC2)CC1. The van der Waals surface area contributed by atoms with Crippen LogP contribution in [-0.2, 0) is 6.42 Å². The van der Waals surface area contributed by atoms with Gasteiger partial charge in [-0.2, -0.15) is 0 Å². The van der Waals surface area contributed by atoms with Gasteiger partial charge in [0, 0.05) is 8.80 Å². The van der Waals surface area contributed by atoms with Crippen molar-refractivity contribution >= 4 is 8.80 Å². The van der Waals surface area contributed by atoms with Crippen molar-refractivity contribution < 1.29 is 13.2 Å². The van der Waals surface area contributed by atoms with Gasteiger partial charge >= 0.3 is 0 Å². The molecule has 4 rings (SSSR count). The molecule has 1 aliphatic carbocycles. The van der Waals surface area contributed by atoms with Gasteiger partial charge in [0.1, 0.15) is 17.5 Å². The zero-order chi connectivity index (χ0) is 23.9. The van der Waals surface area contributed by atoms with Crippen molar-refractivity contribution in [3.05, 3.63) is 59.4 Å².